The van der Waals surface area contributed by atoms with E-state index in [1.54, 1.807) is 11.3 Å². The van der Waals surface area contributed by atoms with E-state index in [0.29, 0.717) is 24.5 Å². The number of hydrogen-bond acceptors (Lipinski definition) is 6. The second-order valence-electron chi connectivity index (χ2n) is 10.6. The van der Waals surface area contributed by atoms with Gasteiger partial charge >= 0.3 is 0 Å². The second kappa shape index (κ2) is 10.6. The summed E-state index contributed by atoms with van der Waals surface area (Å²) >= 11 is 1.71. The molecular formula is C30H34N6OS. The van der Waals surface area contributed by atoms with Crippen LogP contribution in [0.5, 0.6) is 0 Å². The van der Waals surface area contributed by atoms with Crippen molar-refractivity contribution in [3.8, 4) is 0 Å². The summed E-state index contributed by atoms with van der Waals surface area (Å²) in [5, 5.41) is 16.2. The van der Waals surface area contributed by atoms with Gasteiger partial charge < -0.3 is 4.98 Å². The molecule has 2 aromatic carbocycles. The van der Waals surface area contributed by atoms with E-state index < -0.39 is 6.04 Å². The minimum absolute atomic E-state index is 0.123. The molecule has 1 atom stereocenters. The van der Waals surface area contributed by atoms with Crippen molar-refractivity contribution in [2.24, 2.45) is 0 Å². The highest BCUT2D eigenvalue weighted by molar-refractivity contribution is 7.09. The SMILES string of the molecule is CCC(C)(C)n1nnnc1[C@@H](c1cc2cc(C)cc(C)c2[nH]c1=O)N(Cc1ccccc1)Cc1cccs1. The molecule has 3 aromatic heterocycles. The molecule has 5 rings (SSSR count). The summed E-state index contributed by atoms with van der Waals surface area (Å²) < 4.78 is 1.90. The van der Waals surface area contributed by atoms with E-state index in [-0.39, 0.29) is 11.1 Å². The Bertz CT molecular complexity index is 1590. The molecule has 0 amide bonds. The Kier molecular flexibility index (Phi) is 7.27. The number of benzene rings is 2. The fourth-order valence-corrected chi connectivity index (χ4v) is 5.74. The summed E-state index contributed by atoms with van der Waals surface area (Å²) in [5.74, 6) is 0.665. The third-order valence-corrected chi connectivity index (χ3v) is 8.19. The van der Waals surface area contributed by atoms with Crippen LogP contribution in [-0.4, -0.2) is 30.1 Å². The first-order valence-electron chi connectivity index (χ1n) is 13.0. The van der Waals surface area contributed by atoms with Crippen LogP contribution in [0.15, 0.2) is 70.8 Å². The van der Waals surface area contributed by atoms with Crippen LogP contribution >= 0.6 is 11.3 Å². The van der Waals surface area contributed by atoms with Gasteiger partial charge in [-0.25, -0.2) is 4.68 Å². The molecule has 8 heteroatoms. The standard InChI is InChI=1S/C30H34N6OS/c1-6-30(4,5)36-28(32-33-34-36)27(25-17-23-16-20(2)15-21(3)26(23)31-29(25)37)35(19-24-13-10-14-38-24)18-22-11-8-7-9-12-22/h7-17,27H,6,18-19H2,1-5H3,(H,31,37)/t27-/m1/s1. The van der Waals surface area contributed by atoms with Crippen molar-refractivity contribution >= 4 is 22.2 Å². The van der Waals surface area contributed by atoms with Crippen molar-refractivity contribution in [2.45, 2.75) is 65.7 Å². The summed E-state index contributed by atoms with van der Waals surface area (Å²) in [6, 6.07) is 20.3. The minimum atomic E-state index is -0.466. The van der Waals surface area contributed by atoms with Gasteiger partial charge in [-0.2, -0.15) is 0 Å². The molecule has 38 heavy (non-hydrogen) atoms. The summed E-state index contributed by atoms with van der Waals surface area (Å²) in [6.45, 7) is 11.8. The lowest BCUT2D eigenvalue weighted by molar-refractivity contribution is 0.182. The number of rotatable bonds is 9. The Balaban J connectivity index is 1.75. The van der Waals surface area contributed by atoms with Crippen molar-refractivity contribution in [1.29, 1.82) is 0 Å². The van der Waals surface area contributed by atoms with Crippen LogP contribution in [0.1, 0.15) is 66.2 Å². The monoisotopic (exact) mass is 526 g/mol. The molecule has 0 spiro atoms. The van der Waals surface area contributed by atoms with Crippen LogP contribution in [0.25, 0.3) is 10.9 Å². The van der Waals surface area contributed by atoms with E-state index in [1.807, 2.05) is 35.9 Å². The van der Waals surface area contributed by atoms with E-state index in [4.69, 9.17) is 0 Å². The second-order valence-corrected chi connectivity index (χ2v) is 11.6. The van der Waals surface area contributed by atoms with Gasteiger partial charge in [0.1, 0.15) is 6.04 Å². The van der Waals surface area contributed by atoms with E-state index in [2.05, 4.69) is 94.9 Å². The fraction of sp³-hybridized carbons (Fsp3) is 0.333. The predicted molar refractivity (Wildman–Crippen MR) is 153 cm³/mol. The molecule has 0 saturated carbocycles. The zero-order valence-corrected chi connectivity index (χ0v) is 23.4. The molecule has 7 nitrogen and oxygen atoms in total. The van der Waals surface area contributed by atoms with E-state index in [0.717, 1.165) is 34.0 Å². The van der Waals surface area contributed by atoms with Gasteiger partial charge in [-0.05, 0) is 84.6 Å². The maximum Gasteiger partial charge on any atom is 0.253 e. The number of pyridine rings is 1. The Hall–Kier alpha value is -3.62. The summed E-state index contributed by atoms with van der Waals surface area (Å²) in [4.78, 5) is 20.6. The Morgan fingerprint density at radius 1 is 1.05 bits per heavy atom. The quantitative estimate of drug-likeness (QED) is 0.250. The molecule has 0 aliphatic rings. The number of thiophene rings is 1. The lowest BCUT2D eigenvalue weighted by Crippen LogP contribution is -2.37. The Morgan fingerprint density at radius 2 is 1.84 bits per heavy atom. The topological polar surface area (TPSA) is 79.7 Å². The third-order valence-electron chi connectivity index (χ3n) is 7.33. The van der Waals surface area contributed by atoms with Crippen molar-refractivity contribution in [1.82, 2.24) is 30.1 Å². The van der Waals surface area contributed by atoms with Crippen LogP contribution in [-0.2, 0) is 18.6 Å². The molecule has 0 radical (unpaired) electrons. The van der Waals surface area contributed by atoms with Gasteiger partial charge in [-0.3, -0.25) is 9.69 Å². The average molecular weight is 527 g/mol. The molecule has 196 valence electrons. The van der Waals surface area contributed by atoms with Gasteiger partial charge in [0, 0.05) is 23.5 Å². The highest BCUT2D eigenvalue weighted by Gasteiger charge is 2.34. The van der Waals surface area contributed by atoms with Crippen molar-refractivity contribution in [2.75, 3.05) is 0 Å². The van der Waals surface area contributed by atoms with Gasteiger partial charge in [-0.1, -0.05) is 55.0 Å². The average Bonchev–Trinajstić information content (AvgIpc) is 3.59. The zero-order valence-electron chi connectivity index (χ0n) is 22.6. The Morgan fingerprint density at radius 3 is 2.55 bits per heavy atom. The highest BCUT2D eigenvalue weighted by atomic mass is 32.1. The van der Waals surface area contributed by atoms with Gasteiger partial charge in [0.15, 0.2) is 5.82 Å². The van der Waals surface area contributed by atoms with Crippen molar-refractivity contribution in [3.05, 3.63) is 109 Å². The van der Waals surface area contributed by atoms with Crippen molar-refractivity contribution < 1.29 is 0 Å². The number of hydrogen-bond donors (Lipinski definition) is 1. The molecule has 0 aliphatic carbocycles. The number of aromatic amines is 1. The molecule has 1 N–H and O–H groups in total. The first-order valence-corrected chi connectivity index (χ1v) is 13.9. The molecule has 0 aliphatic heterocycles. The summed E-state index contributed by atoms with van der Waals surface area (Å²) in [5.41, 5.74) is 4.42. The third kappa shape index (κ3) is 5.19. The first-order chi connectivity index (χ1) is 18.3. The number of H-pyrrole nitrogens is 1. The van der Waals surface area contributed by atoms with E-state index in [1.165, 1.54) is 4.88 Å². The summed E-state index contributed by atoms with van der Waals surface area (Å²) in [7, 11) is 0. The smallest absolute Gasteiger partial charge is 0.253 e. The van der Waals surface area contributed by atoms with Crippen LogP contribution in [0.2, 0.25) is 0 Å². The lowest BCUT2D eigenvalue weighted by Gasteiger charge is -2.33. The number of fused-ring (bicyclic) bond motifs is 1. The number of nitrogens with zero attached hydrogens (tertiary/aromatic N) is 5. The van der Waals surface area contributed by atoms with Crippen molar-refractivity contribution in [3.63, 3.8) is 0 Å². The lowest BCUT2D eigenvalue weighted by atomic mass is 9.98. The first kappa shape index (κ1) is 26.0. The van der Waals surface area contributed by atoms with E-state index >= 15 is 0 Å². The molecule has 0 unspecified atom stereocenters. The summed E-state index contributed by atoms with van der Waals surface area (Å²) in [6.07, 6.45) is 0.841. The van der Waals surface area contributed by atoms with Crippen LogP contribution in [0, 0.1) is 13.8 Å². The van der Waals surface area contributed by atoms with Crippen LogP contribution in [0.3, 0.4) is 0 Å². The van der Waals surface area contributed by atoms with Gasteiger partial charge in [-0.15, -0.1) is 16.4 Å². The molecule has 3 heterocycles. The number of nitrogens with one attached hydrogen (secondary N) is 1. The number of tetrazole rings is 1. The maximum absolute atomic E-state index is 13.8. The molecule has 0 fully saturated rings. The predicted octanol–water partition coefficient (Wildman–Crippen LogP) is 6.13. The van der Waals surface area contributed by atoms with Gasteiger partial charge in [0.25, 0.3) is 5.56 Å². The van der Waals surface area contributed by atoms with Crippen LogP contribution in [0.4, 0.5) is 0 Å². The number of aryl methyl sites for hydroxylation is 2. The van der Waals surface area contributed by atoms with E-state index in [9.17, 15) is 4.79 Å². The maximum atomic E-state index is 13.8. The molecular weight excluding hydrogens is 492 g/mol. The molecule has 0 saturated heterocycles. The molecule has 5 aromatic rings. The van der Waals surface area contributed by atoms with Crippen LogP contribution < -0.4 is 5.56 Å². The van der Waals surface area contributed by atoms with Gasteiger partial charge in [0.2, 0.25) is 0 Å². The highest BCUT2D eigenvalue weighted by Crippen LogP contribution is 2.33. The Labute approximate surface area is 227 Å². The zero-order chi connectivity index (χ0) is 26.9. The largest absolute Gasteiger partial charge is 0.321 e. The normalized spacial score (nSPS) is 12.9. The van der Waals surface area contributed by atoms with Gasteiger partial charge in [0.05, 0.1) is 11.1 Å². The fourth-order valence-electron chi connectivity index (χ4n) is 5.01. The number of aromatic nitrogens is 5. The minimum Gasteiger partial charge on any atom is -0.321 e. The molecule has 0 bridgehead atoms.